The molecule has 0 aliphatic heterocycles. The highest BCUT2D eigenvalue weighted by atomic mass is 32.2. The van der Waals surface area contributed by atoms with Crippen LogP contribution in [-0.4, -0.2) is 18.1 Å². The first kappa shape index (κ1) is 23.2. The van der Waals surface area contributed by atoms with Crippen molar-refractivity contribution in [3.05, 3.63) is 48.0 Å². The molecule has 0 saturated carbocycles. The number of ether oxygens (including phenoxy) is 1. The number of phenolic OH excluding ortho intramolecular Hbond substituents is 1. The summed E-state index contributed by atoms with van der Waals surface area (Å²) >= 11 is 0. The first-order chi connectivity index (χ1) is 13.9. The summed E-state index contributed by atoms with van der Waals surface area (Å²) in [4.78, 5) is -0.462. The van der Waals surface area contributed by atoms with Gasteiger partial charge < -0.3 is 9.84 Å². The molecule has 160 valence electrons. The third-order valence-corrected chi connectivity index (χ3v) is 5.83. The zero-order chi connectivity index (χ0) is 21.1. The topological polar surface area (TPSA) is 83.8 Å². The molecular weight excluding hydrogens is 388 g/mol. The van der Waals surface area contributed by atoms with Gasteiger partial charge in [0, 0.05) is 0 Å². The lowest BCUT2D eigenvalue weighted by Gasteiger charge is -2.11. The quantitative estimate of drug-likeness (QED) is 0.285. The Morgan fingerprint density at radius 1 is 0.828 bits per heavy atom. The van der Waals surface area contributed by atoms with E-state index in [0.29, 0.717) is 5.75 Å². The number of aromatic hydroxyl groups is 1. The minimum atomic E-state index is -4.50. The summed E-state index contributed by atoms with van der Waals surface area (Å²) in [5.41, 5.74) is 1.19. The van der Waals surface area contributed by atoms with Crippen molar-refractivity contribution in [2.24, 2.45) is 0 Å². The first-order valence-electron chi connectivity index (χ1n) is 10.5. The van der Waals surface area contributed by atoms with Crippen molar-refractivity contribution in [3.8, 4) is 17.2 Å². The fourth-order valence-corrected chi connectivity index (χ4v) is 3.92. The van der Waals surface area contributed by atoms with Crippen molar-refractivity contribution in [1.82, 2.24) is 0 Å². The normalized spacial score (nSPS) is 11.5. The summed E-state index contributed by atoms with van der Waals surface area (Å²) in [6, 6.07) is 11.2. The predicted molar refractivity (Wildman–Crippen MR) is 115 cm³/mol. The van der Waals surface area contributed by atoms with Crippen molar-refractivity contribution >= 4 is 10.1 Å². The molecule has 2 aromatic rings. The lowest BCUT2D eigenvalue weighted by molar-refractivity contribution is 0.397. The van der Waals surface area contributed by atoms with Gasteiger partial charge in [0.25, 0.3) is 10.1 Å². The van der Waals surface area contributed by atoms with Gasteiger partial charge in [-0.15, -0.1) is 0 Å². The molecule has 0 heterocycles. The monoisotopic (exact) mass is 420 g/mol. The summed E-state index contributed by atoms with van der Waals surface area (Å²) in [7, 11) is -4.50. The minimum absolute atomic E-state index is 0.276. The largest absolute Gasteiger partial charge is 0.504 e. The maximum absolute atomic E-state index is 11.5. The molecule has 2 N–H and O–H groups in total. The fourth-order valence-electron chi connectivity index (χ4n) is 3.29. The van der Waals surface area contributed by atoms with Gasteiger partial charge in [0.2, 0.25) is 0 Å². The minimum Gasteiger partial charge on any atom is -0.504 e. The number of aryl methyl sites for hydroxylation is 1. The molecule has 6 heteroatoms. The molecule has 0 amide bonds. The summed E-state index contributed by atoms with van der Waals surface area (Å²) in [6.45, 7) is 2.24. The van der Waals surface area contributed by atoms with Gasteiger partial charge >= 0.3 is 0 Å². The highest BCUT2D eigenvalue weighted by Gasteiger charge is 2.20. The average Bonchev–Trinajstić information content (AvgIpc) is 2.68. The van der Waals surface area contributed by atoms with E-state index in [1.165, 1.54) is 75.1 Å². The van der Waals surface area contributed by atoms with Crippen LogP contribution in [0.4, 0.5) is 0 Å². The molecule has 0 aromatic heterocycles. The van der Waals surface area contributed by atoms with Crippen LogP contribution in [-0.2, 0) is 16.5 Å². The zero-order valence-electron chi connectivity index (χ0n) is 17.1. The van der Waals surface area contributed by atoms with Crippen LogP contribution in [0.5, 0.6) is 17.2 Å². The Labute approximate surface area is 174 Å². The van der Waals surface area contributed by atoms with Crippen LogP contribution in [0.3, 0.4) is 0 Å². The summed E-state index contributed by atoms with van der Waals surface area (Å²) < 4.78 is 37.8. The van der Waals surface area contributed by atoms with E-state index in [1.807, 2.05) is 12.1 Å². The summed E-state index contributed by atoms with van der Waals surface area (Å²) in [6.07, 6.45) is 12.6. The maximum atomic E-state index is 11.5. The van der Waals surface area contributed by atoms with Gasteiger partial charge in [-0.05, 0) is 42.7 Å². The average molecular weight is 421 g/mol. The molecule has 0 saturated heterocycles. The summed E-state index contributed by atoms with van der Waals surface area (Å²) in [5, 5.41) is 9.92. The number of para-hydroxylation sites is 1. The Balaban J connectivity index is 1.80. The molecule has 0 radical (unpaired) electrons. The third kappa shape index (κ3) is 8.07. The molecule has 5 nitrogen and oxygen atoms in total. The molecule has 0 bridgehead atoms. The van der Waals surface area contributed by atoms with Crippen molar-refractivity contribution in [3.63, 3.8) is 0 Å². The van der Waals surface area contributed by atoms with Gasteiger partial charge in [0.1, 0.15) is 10.6 Å². The third-order valence-electron chi connectivity index (χ3n) is 4.95. The van der Waals surface area contributed by atoms with Crippen LogP contribution in [0.1, 0.15) is 70.3 Å². The molecule has 0 spiro atoms. The highest BCUT2D eigenvalue weighted by Crippen LogP contribution is 2.36. The van der Waals surface area contributed by atoms with Gasteiger partial charge in [0.05, 0.1) is 0 Å². The van der Waals surface area contributed by atoms with E-state index in [1.54, 1.807) is 12.1 Å². The van der Waals surface area contributed by atoms with E-state index >= 15 is 0 Å². The highest BCUT2D eigenvalue weighted by molar-refractivity contribution is 7.86. The first-order valence-corrected chi connectivity index (χ1v) is 11.9. The van der Waals surface area contributed by atoms with Crippen LogP contribution in [0, 0.1) is 0 Å². The Morgan fingerprint density at radius 3 is 2.00 bits per heavy atom. The molecule has 29 heavy (non-hydrogen) atoms. The van der Waals surface area contributed by atoms with Crippen LogP contribution >= 0.6 is 0 Å². The van der Waals surface area contributed by atoms with Crippen molar-refractivity contribution in [2.75, 3.05) is 0 Å². The predicted octanol–water partition coefficient (Wildman–Crippen LogP) is 6.50. The van der Waals surface area contributed by atoms with Crippen molar-refractivity contribution < 1.29 is 22.8 Å². The molecule has 0 fully saturated rings. The van der Waals surface area contributed by atoms with E-state index in [4.69, 9.17) is 4.74 Å². The summed E-state index contributed by atoms with van der Waals surface area (Å²) in [5.74, 6) is -0.229. The van der Waals surface area contributed by atoms with Crippen molar-refractivity contribution in [1.29, 1.82) is 0 Å². The molecule has 0 aliphatic rings. The number of phenols is 1. The van der Waals surface area contributed by atoms with E-state index in [0.717, 1.165) is 12.8 Å². The van der Waals surface area contributed by atoms with Gasteiger partial charge in [-0.2, -0.15) is 8.42 Å². The molecule has 0 aliphatic carbocycles. The standard InChI is InChI=1S/C23H32O5S/c1-2-3-4-5-6-7-8-9-10-12-19-15-17-20(18-16-19)28-23-21(24)13-11-14-22(23)29(25,26)27/h11,13-18,24H,2-10,12H2,1H3,(H,25,26,27). The van der Waals surface area contributed by atoms with Gasteiger partial charge in [0.15, 0.2) is 11.5 Å². The lowest BCUT2D eigenvalue weighted by atomic mass is 10.0. The Hall–Kier alpha value is -2.05. The van der Waals surface area contributed by atoms with Gasteiger partial charge in [-0.3, -0.25) is 4.55 Å². The van der Waals surface area contributed by atoms with Crippen molar-refractivity contribution in [2.45, 2.75) is 76.0 Å². The van der Waals surface area contributed by atoms with E-state index < -0.39 is 15.0 Å². The van der Waals surface area contributed by atoms with E-state index in [2.05, 4.69) is 6.92 Å². The molecule has 0 unspecified atom stereocenters. The van der Waals surface area contributed by atoms with Crippen LogP contribution in [0.2, 0.25) is 0 Å². The number of unbranched alkanes of at least 4 members (excludes halogenated alkanes) is 8. The zero-order valence-corrected chi connectivity index (χ0v) is 18.0. The molecule has 2 aromatic carbocycles. The second kappa shape index (κ2) is 11.8. The number of benzene rings is 2. The van der Waals surface area contributed by atoms with Crippen LogP contribution < -0.4 is 4.74 Å². The Morgan fingerprint density at radius 2 is 1.41 bits per heavy atom. The van der Waals surface area contributed by atoms with Crippen LogP contribution in [0.15, 0.2) is 47.4 Å². The van der Waals surface area contributed by atoms with Gasteiger partial charge in [-0.25, -0.2) is 0 Å². The number of hydrogen-bond acceptors (Lipinski definition) is 4. The van der Waals surface area contributed by atoms with E-state index in [9.17, 15) is 18.1 Å². The second-order valence-electron chi connectivity index (χ2n) is 7.40. The van der Waals surface area contributed by atoms with Gasteiger partial charge in [-0.1, -0.05) is 76.5 Å². The van der Waals surface area contributed by atoms with E-state index in [-0.39, 0.29) is 11.5 Å². The fraction of sp³-hybridized carbons (Fsp3) is 0.478. The SMILES string of the molecule is CCCCCCCCCCCc1ccc(Oc2c(O)cccc2S(=O)(=O)O)cc1. The number of hydrogen-bond donors (Lipinski definition) is 2. The van der Waals surface area contributed by atoms with Crippen LogP contribution in [0.25, 0.3) is 0 Å². The second-order valence-corrected chi connectivity index (χ2v) is 8.79. The molecule has 0 atom stereocenters. The molecular formula is C23H32O5S. The lowest BCUT2D eigenvalue weighted by Crippen LogP contribution is -2.01. The molecule has 2 rings (SSSR count). The Bertz CT molecular complexity index is 844. The Kier molecular flexibility index (Phi) is 9.48. The maximum Gasteiger partial charge on any atom is 0.298 e. The smallest absolute Gasteiger partial charge is 0.298 e. The number of rotatable bonds is 13.